The minimum atomic E-state index is -0.324. The van der Waals surface area contributed by atoms with Gasteiger partial charge in [0.1, 0.15) is 0 Å². The molecule has 0 aliphatic carbocycles. The Morgan fingerprint density at radius 1 is 1.26 bits per heavy atom. The van der Waals surface area contributed by atoms with E-state index in [1.54, 1.807) is 18.2 Å². The molecule has 1 atom stereocenters. The lowest BCUT2D eigenvalue weighted by molar-refractivity contribution is -0.137. The number of rotatable bonds is 5. The van der Waals surface area contributed by atoms with Crippen molar-refractivity contribution < 1.29 is 18.7 Å². The number of para-hydroxylation sites is 1. The zero-order valence-corrected chi connectivity index (χ0v) is 13.4. The molecule has 2 heterocycles. The van der Waals surface area contributed by atoms with Gasteiger partial charge >= 0.3 is 0 Å². The monoisotopic (exact) mass is 321 g/mol. The van der Waals surface area contributed by atoms with Crippen molar-refractivity contribution in [3.63, 3.8) is 0 Å². The maximum Gasteiger partial charge on any atom is 0.225 e. The first kappa shape index (κ1) is 16.2. The van der Waals surface area contributed by atoms with E-state index < -0.39 is 0 Å². The van der Waals surface area contributed by atoms with E-state index in [0.717, 1.165) is 38.8 Å². The molecular formula is C18H24FNO3. The van der Waals surface area contributed by atoms with E-state index in [9.17, 15) is 9.18 Å². The zero-order valence-electron chi connectivity index (χ0n) is 13.4. The maximum atomic E-state index is 13.5. The summed E-state index contributed by atoms with van der Waals surface area (Å²) in [6.45, 7) is 3.52. The van der Waals surface area contributed by atoms with Crippen molar-refractivity contribution in [3.8, 4) is 5.75 Å². The van der Waals surface area contributed by atoms with E-state index in [1.165, 1.54) is 6.07 Å². The van der Waals surface area contributed by atoms with Crippen molar-refractivity contribution >= 4 is 5.91 Å². The standard InChI is InChI=1S/C18H24FNO3/c19-16-3-1-2-4-17(16)23-12-6-14-5-9-20(13-14)18(21)15-7-10-22-11-8-15/h1-4,14-15H,5-13H2/t14-/m1/s1. The second kappa shape index (κ2) is 7.77. The Labute approximate surface area is 136 Å². The van der Waals surface area contributed by atoms with Crippen LogP contribution in [0.1, 0.15) is 25.7 Å². The summed E-state index contributed by atoms with van der Waals surface area (Å²) in [6.07, 6.45) is 3.55. The normalized spacial score (nSPS) is 22.3. The highest BCUT2D eigenvalue weighted by Gasteiger charge is 2.31. The van der Waals surface area contributed by atoms with Crippen LogP contribution in [0.2, 0.25) is 0 Å². The minimum Gasteiger partial charge on any atom is -0.491 e. The third-order valence-corrected chi connectivity index (χ3v) is 4.79. The van der Waals surface area contributed by atoms with E-state index in [0.29, 0.717) is 31.5 Å². The average molecular weight is 321 g/mol. The molecule has 126 valence electrons. The molecule has 1 aromatic carbocycles. The summed E-state index contributed by atoms with van der Waals surface area (Å²) in [4.78, 5) is 14.5. The van der Waals surface area contributed by atoms with Gasteiger partial charge < -0.3 is 14.4 Å². The molecule has 2 aliphatic rings. The number of carbonyl (C=O) groups is 1. The molecule has 1 aromatic rings. The molecule has 0 bridgehead atoms. The quantitative estimate of drug-likeness (QED) is 0.837. The Kier molecular flexibility index (Phi) is 5.49. The first-order chi connectivity index (χ1) is 11.2. The van der Waals surface area contributed by atoms with Gasteiger partial charge in [0.2, 0.25) is 5.91 Å². The number of amides is 1. The highest BCUT2D eigenvalue weighted by atomic mass is 19.1. The molecule has 0 aromatic heterocycles. The zero-order chi connectivity index (χ0) is 16.1. The third kappa shape index (κ3) is 4.22. The summed E-state index contributed by atoms with van der Waals surface area (Å²) >= 11 is 0. The van der Waals surface area contributed by atoms with Crippen LogP contribution < -0.4 is 4.74 Å². The molecule has 5 heteroatoms. The predicted octanol–water partition coefficient (Wildman–Crippen LogP) is 2.87. The van der Waals surface area contributed by atoms with Crippen molar-refractivity contribution in [2.75, 3.05) is 32.9 Å². The van der Waals surface area contributed by atoms with Crippen LogP contribution in [0.15, 0.2) is 24.3 Å². The van der Waals surface area contributed by atoms with Crippen LogP contribution in [-0.2, 0) is 9.53 Å². The van der Waals surface area contributed by atoms with E-state index in [2.05, 4.69) is 0 Å². The molecule has 23 heavy (non-hydrogen) atoms. The Balaban J connectivity index is 1.41. The van der Waals surface area contributed by atoms with Crippen molar-refractivity contribution in [2.24, 2.45) is 11.8 Å². The fourth-order valence-electron chi connectivity index (χ4n) is 3.37. The van der Waals surface area contributed by atoms with Gasteiger partial charge in [-0.25, -0.2) is 4.39 Å². The van der Waals surface area contributed by atoms with Gasteiger partial charge in [0.25, 0.3) is 0 Å². The summed E-state index contributed by atoms with van der Waals surface area (Å²) in [6, 6.07) is 6.46. The third-order valence-electron chi connectivity index (χ3n) is 4.79. The molecule has 0 unspecified atom stereocenters. The number of benzene rings is 1. The van der Waals surface area contributed by atoms with Crippen LogP contribution in [0.4, 0.5) is 4.39 Å². The molecule has 2 saturated heterocycles. The lowest BCUT2D eigenvalue weighted by Crippen LogP contribution is -2.37. The average Bonchev–Trinajstić information content (AvgIpc) is 3.06. The van der Waals surface area contributed by atoms with Crippen molar-refractivity contribution in [3.05, 3.63) is 30.1 Å². The highest BCUT2D eigenvalue weighted by molar-refractivity contribution is 5.79. The van der Waals surface area contributed by atoms with Gasteiger partial charge in [0.15, 0.2) is 11.6 Å². The van der Waals surface area contributed by atoms with Crippen LogP contribution >= 0.6 is 0 Å². The van der Waals surface area contributed by atoms with Gasteiger partial charge in [-0.3, -0.25) is 4.79 Å². The van der Waals surface area contributed by atoms with E-state index >= 15 is 0 Å². The molecule has 0 radical (unpaired) electrons. The number of hydrogen-bond donors (Lipinski definition) is 0. The van der Waals surface area contributed by atoms with Gasteiger partial charge in [-0.2, -0.15) is 0 Å². The first-order valence-corrected chi connectivity index (χ1v) is 8.48. The van der Waals surface area contributed by atoms with Crippen molar-refractivity contribution in [2.45, 2.75) is 25.7 Å². The predicted molar refractivity (Wildman–Crippen MR) is 84.7 cm³/mol. The van der Waals surface area contributed by atoms with Crippen LogP contribution in [0, 0.1) is 17.7 Å². The smallest absolute Gasteiger partial charge is 0.225 e. The molecule has 0 saturated carbocycles. The molecular weight excluding hydrogens is 297 g/mol. The van der Waals surface area contributed by atoms with Gasteiger partial charge in [-0.15, -0.1) is 0 Å². The number of hydrogen-bond acceptors (Lipinski definition) is 3. The maximum absolute atomic E-state index is 13.5. The van der Waals surface area contributed by atoms with E-state index in [1.807, 2.05) is 4.90 Å². The lowest BCUT2D eigenvalue weighted by atomic mass is 9.99. The second-order valence-corrected chi connectivity index (χ2v) is 6.39. The minimum absolute atomic E-state index is 0.136. The summed E-state index contributed by atoms with van der Waals surface area (Å²) in [5.74, 6) is 0.851. The fraction of sp³-hybridized carbons (Fsp3) is 0.611. The van der Waals surface area contributed by atoms with Gasteiger partial charge in [-0.05, 0) is 43.7 Å². The van der Waals surface area contributed by atoms with Gasteiger partial charge in [0.05, 0.1) is 6.61 Å². The number of nitrogens with zero attached hydrogens (tertiary/aromatic N) is 1. The Bertz CT molecular complexity index is 531. The highest BCUT2D eigenvalue weighted by Crippen LogP contribution is 2.25. The second-order valence-electron chi connectivity index (χ2n) is 6.39. The number of ether oxygens (including phenoxy) is 2. The van der Waals surface area contributed by atoms with Crippen LogP contribution in [0.3, 0.4) is 0 Å². The number of halogens is 1. The van der Waals surface area contributed by atoms with Crippen molar-refractivity contribution in [1.82, 2.24) is 4.90 Å². The molecule has 4 nitrogen and oxygen atoms in total. The Morgan fingerprint density at radius 3 is 2.83 bits per heavy atom. The molecule has 1 amide bonds. The van der Waals surface area contributed by atoms with Crippen LogP contribution in [-0.4, -0.2) is 43.7 Å². The van der Waals surface area contributed by atoms with Gasteiger partial charge in [-0.1, -0.05) is 12.1 Å². The SMILES string of the molecule is O=C(C1CCOCC1)N1CC[C@H](CCOc2ccccc2F)C1. The largest absolute Gasteiger partial charge is 0.491 e. The summed E-state index contributed by atoms with van der Waals surface area (Å²) < 4.78 is 24.3. The van der Waals surface area contributed by atoms with E-state index in [4.69, 9.17) is 9.47 Å². The molecule has 3 rings (SSSR count). The van der Waals surface area contributed by atoms with Gasteiger partial charge in [0, 0.05) is 32.2 Å². The summed E-state index contributed by atoms with van der Waals surface area (Å²) in [5.41, 5.74) is 0. The van der Waals surface area contributed by atoms with Crippen molar-refractivity contribution in [1.29, 1.82) is 0 Å². The molecule has 0 spiro atoms. The molecule has 2 fully saturated rings. The van der Waals surface area contributed by atoms with Crippen LogP contribution in [0.25, 0.3) is 0 Å². The first-order valence-electron chi connectivity index (χ1n) is 8.48. The summed E-state index contributed by atoms with van der Waals surface area (Å²) in [5, 5.41) is 0. The van der Waals surface area contributed by atoms with Crippen LogP contribution in [0.5, 0.6) is 5.75 Å². The number of carbonyl (C=O) groups excluding carboxylic acids is 1. The number of likely N-dealkylation sites (tertiary alicyclic amines) is 1. The Hall–Kier alpha value is -1.62. The van der Waals surface area contributed by atoms with E-state index in [-0.39, 0.29) is 17.6 Å². The lowest BCUT2D eigenvalue weighted by Gasteiger charge is -2.26. The summed E-state index contributed by atoms with van der Waals surface area (Å²) in [7, 11) is 0. The molecule has 0 N–H and O–H groups in total. The molecule has 2 aliphatic heterocycles. The topological polar surface area (TPSA) is 38.8 Å². The fourth-order valence-corrected chi connectivity index (χ4v) is 3.37. The Morgan fingerprint density at radius 2 is 2.04 bits per heavy atom.